The molecule has 1 aliphatic heterocycles. The van der Waals surface area contributed by atoms with Crippen LogP contribution in [-0.4, -0.2) is 37.5 Å². The first kappa shape index (κ1) is 20.9. The number of nitrogens with zero attached hydrogens (tertiary/aromatic N) is 2. The molecule has 0 bridgehead atoms. The van der Waals surface area contributed by atoms with E-state index in [1.165, 1.54) is 24.1 Å². The summed E-state index contributed by atoms with van der Waals surface area (Å²) in [6.45, 7) is 0.628. The van der Waals surface area contributed by atoms with Gasteiger partial charge in [0.2, 0.25) is 5.91 Å². The SMILES string of the molecule is COc1ccc(NC(=O)N(C)Cc2c(F)cccc2Cl)cc1N1CCCCC1=O. The van der Waals surface area contributed by atoms with Gasteiger partial charge in [0.05, 0.1) is 19.3 Å². The van der Waals surface area contributed by atoms with E-state index in [9.17, 15) is 14.0 Å². The van der Waals surface area contributed by atoms with Crippen molar-refractivity contribution in [3.63, 3.8) is 0 Å². The van der Waals surface area contributed by atoms with Gasteiger partial charge >= 0.3 is 6.03 Å². The average Bonchev–Trinajstić information content (AvgIpc) is 2.71. The maximum absolute atomic E-state index is 14.0. The molecule has 8 heteroatoms. The van der Waals surface area contributed by atoms with Crippen molar-refractivity contribution < 1.29 is 18.7 Å². The minimum absolute atomic E-state index is 0.0188. The molecule has 1 saturated heterocycles. The molecule has 2 aromatic carbocycles. The Morgan fingerprint density at radius 1 is 1.31 bits per heavy atom. The Labute approximate surface area is 174 Å². The van der Waals surface area contributed by atoms with Gasteiger partial charge in [-0.2, -0.15) is 0 Å². The predicted octanol–water partition coefficient (Wildman–Crippen LogP) is 4.67. The third-order valence-electron chi connectivity index (χ3n) is 4.85. The molecule has 1 heterocycles. The summed E-state index contributed by atoms with van der Waals surface area (Å²) in [5.74, 6) is 0.126. The highest BCUT2D eigenvalue weighted by molar-refractivity contribution is 6.31. The molecule has 2 aromatic rings. The molecule has 3 amide bonds. The molecule has 0 saturated carbocycles. The number of nitrogens with one attached hydrogen (secondary N) is 1. The van der Waals surface area contributed by atoms with Crippen LogP contribution in [0.25, 0.3) is 0 Å². The summed E-state index contributed by atoms with van der Waals surface area (Å²) in [5, 5.41) is 3.04. The second kappa shape index (κ2) is 9.13. The van der Waals surface area contributed by atoms with Crippen molar-refractivity contribution in [1.82, 2.24) is 4.90 Å². The molecule has 0 spiro atoms. The first-order valence-corrected chi connectivity index (χ1v) is 9.72. The fraction of sp³-hybridized carbons (Fsp3) is 0.333. The molecule has 154 valence electrons. The molecule has 29 heavy (non-hydrogen) atoms. The summed E-state index contributed by atoms with van der Waals surface area (Å²) in [4.78, 5) is 27.9. The molecular weight excluding hydrogens is 397 g/mol. The Balaban J connectivity index is 1.76. The summed E-state index contributed by atoms with van der Waals surface area (Å²) in [7, 11) is 3.09. The minimum atomic E-state index is -0.465. The van der Waals surface area contributed by atoms with E-state index in [2.05, 4.69) is 5.32 Å². The molecule has 1 N–H and O–H groups in total. The zero-order chi connectivity index (χ0) is 21.0. The van der Waals surface area contributed by atoms with Crippen LogP contribution in [0.3, 0.4) is 0 Å². The van der Waals surface area contributed by atoms with E-state index < -0.39 is 11.8 Å². The fourth-order valence-corrected chi connectivity index (χ4v) is 3.47. The molecular formula is C21H23ClFN3O3. The van der Waals surface area contributed by atoms with Crippen molar-refractivity contribution in [3.05, 3.63) is 52.8 Å². The normalized spacial score (nSPS) is 13.9. The second-order valence-electron chi connectivity index (χ2n) is 6.88. The van der Waals surface area contributed by atoms with Crippen LogP contribution < -0.4 is 15.0 Å². The van der Waals surface area contributed by atoms with Gasteiger partial charge in [0.15, 0.2) is 0 Å². The Hall–Kier alpha value is -2.80. The van der Waals surface area contributed by atoms with Crippen LogP contribution in [0.2, 0.25) is 5.02 Å². The first-order chi connectivity index (χ1) is 13.9. The standard InChI is InChI=1S/C21H23ClFN3O3/c1-25(13-15-16(22)6-5-7-17(15)23)21(28)24-14-9-10-19(29-2)18(12-14)26-11-4-3-8-20(26)27/h5-7,9-10,12H,3-4,8,11,13H2,1-2H3,(H,24,28). The largest absolute Gasteiger partial charge is 0.495 e. The zero-order valence-corrected chi connectivity index (χ0v) is 17.1. The monoisotopic (exact) mass is 419 g/mol. The number of carbonyl (C=O) groups excluding carboxylic acids is 2. The van der Waals surface area contributed by atoms with E-state index in [4.69, 9.17) is 16.3 Å². The highest BCUT2D eigenvalue weighted by Gasteiger charge is 2.23. The summed E-state index contributed by atoms with van der Waals surface area (Å²) in [6.07, 6.45) is 2.28. The summed E-state index contributed by atoms with van der Waals surface area (Å²) in [6, 6.07) is 9.09. The quantitative estimate of drug-likeness (QED) is 0.766. The van der Waals surface area contributed by atoms with Crippen molar-refractivity contribution in [3.8, 4) is 5.75 Å². The number of piperidine rings is 1. The van der Waals surface area contributed by atoms with Crippen LogP contribution in [0.1, 0.15) is 24.8 Å². The first-order valence-electron chi connectivity index (χ1n) is 9.34. The van der Waals surface area contributed by atoms with Crippen molar-refractivity contribution >= 4 is 34.9 Å². The number of amides is 3. The Kier molecular flexibility index (Phi) is 6.59. The van der Waals surface area contributed by atoms with E-state index in [1.54, 1.807) is 36.2 Å². The summed E-state index contributed by atoms with van der Waals surface area (Å²) >= 11 is 6.04. The number of benzene rings is 2. The molecule has 0 aliphatic carbocycles. The summed E-state index contributed by atoms with van der Waals surface area (Å²) in [5.41, 5.74) is 1.38. The zero-order valence-electron chi connectivity index (χ0n) is 16.4. The fourth-order valence-electron chi connectivity index (χ4n) is 3.25. The van der Waals surface area contributed by atoms with Gasteiger partial charge < -0.3 is 19.9 Å². The van der Waals surface area contributed by atoms with Gasteiger partial charge in [-0.25, -0.2) is 9.18 Å². The van der Waals surface area contributed by atoms with Gasteiger partial charge in [-0.1, -0.05) is 17.7 Å². The number of rotatable bonds is 5. The number of anilines is 2. The lowest BCUT2D eigenvalue weighted by Gasteiger charge is -2.28. The highest BCUT2D eigenvalue weighted by Crippen LogP contribution is 2.33. The van der Waals surface area contributed by atoms with Gasteiger partial charge in [0.25, 0.3) is 0 Å². The molecule has 1 aliphatic rings. The van der Waals surface area contributed by atoms with E-state index in [0.717, 1.165) is 12.8 Å². The predicted molar refractivity (Wildman–Crippen MR) is 111 cm³/mol. The maximum Gasteiger partial charge on any atom is 0.321 e. The Bertz CT molecular complexity index is 902. The Morgan fingerprint density at radius 2 is 2.10 bits per heavy atom. The van der Waals surface area contributed by atoms with Crippen molar-refractivity contribution in [2.24, 2.45) is 0 Å². The average molecular weight is 420 g/mol. The number of hydrogen-bond donors (Lipinski definition) is 1. The van der Waals surface area contributed by atoms with Crippen LogP contribution >= 0.6 is 11.6 Å². The number of ether oxygens (including phenoxy) is 1. The molecule has 6 nitrogen and oxygen atoms in total. The van der Waals surface area contributed by atoms with Crippen LogP contribution in [0, 0.1) is 5.82 Å². The van der Waals surface area contributed by atoms with Gasteiger partial charge in [0, 0.05) is 36.3 Å². The lowest BCUT2D eigenvalue weighted by atomic mass is 10.1. The smallest absolute Gasteiger partial charge is 0.321 e. The number of carbonyl (C=O) groups is 2. The number of hydrogen-bond acceptors (Lipinski definition) is 3. The van der Waals surface area contributed by atoms with Crippen LogP contribution in [0.15, 0.2) is 36.4 Å². The van der Waals surface area contributed by atoms with Gasteiger partial charge in [-0.05, 0) is 43.2 Å². The number of halogens is 2. The van der Waals surface area contributed by atoms with Crippen molar-refractivity contribution in [2.75, 3.05) is 30.9 Å². The second-order valence-corrected chi connectivity index (χ2v) is 7.28. The third-order valence-corrected chi connectivity index (χ3v) is 5.20. The van der Waals surface area contributed by atoms with Gasteiger partial charge in [-0.3, -0.25) is 4.79 Å². The van der Waals surface area contributed by atoms with E-state index in [0.29, 0.717) is 30.1 Å². The molecule has 0 radical (unpaired) electrons. The number of urea groups is 1. The van der Waals surface area contributed by atoms with Crippen LogP contribution in [-0.2, 0) is 11.3 Å². The van der Waals surface area contributed by atoms with Gasteiger partial charge in [0.1, 0.15) is 11.6 Å². The van der Waals surface area contributed by atoms with Crippen molar-refractivity contribution in [2.45, 2.75) is 25.8 Å². The Morgan fingerprint density at radius 3 is 2.79 bits per heavy atom. The van der Waals surface area contributed by atoms with E-state index in [1.807, 2.05) is 0 Å². The maximum atomic E-state index is 14.0. The molecule has 3 rings (SSSR count). The highest BCUT2D eigenvalue weighted by atomic mass is 35.5. The molecule has 0 atom stereocenters. The molecule has 0 unspecified atom stereocenters. The van der Waals surface area contributed by atoms with Crippen molar-refractivity contribution in [1.29, 1.82) is 0 Å². The minimum Gasteiger partial charge on any atom is -0.495 e. The lowest BCUT2D eigenvalue weighted by molar-refractivity contribution is -0.119. The summed E-state index contributed by atoms with van der Waals surface area (Å²) < 4.78 is 19.4. The lowest BCUT2D eigenvalue weighted by Crippen LogP contribution is -2.35. The molecule has 1 fully saturated rings. The molecule has 0 aromatic heterocycles. The van der Waals surface area contributed by atoms with Gasteiger partial charge in [-0.15, -0.1) is 0 Å². The topological polar surface area (TPSA) is 61.9 Å². The van der Waals surface area contributed by atoms with E-state index >= 15 is 0 Å². The number of methoxy groups -OCH3 is 1. The van der Waals surface area contributed by atoms with Crippen LogP contribution in [0.5, 0.6) is 5.75 Å². The van der Waals surface area contributed by atoms with E-state index in [-0.39, 0.29) is 23.0 Å². The third kappa shape index (κ3) is 4.79. The van der Waals surface area contributed by atoms with Crippen LogP contribution in [0.4, 0.5) is 20.6 Å².